The van der Waals surface area contributed by atoms with Gasteiger partial charge in [-0.05, 0) is 51.1 Å². The summed E-state index contributed by atoms with van der Waals surface area (Å²) in [6.07, 6.45) is 1.12. The number of nitrogens with one attached hydrogen (secondary N) is 1. The molecule has 0 saturated heterocycles. The molecule has 0 radical (unpaired) electrons. The molecule has 1 aromatic carbocycles. The van der Waals surface area contributed by atoms with Gasteiger partial charge in [-0.2, -0.15) is 0 Å². The molecule has 0 aliphatic heterocycles. The van der Waals surface area contributed by atoms with Gasteiger partial charge in [0.05, 0.1) is 6.61 Å². The summed E-state index contributed by atoms with van der Waals surface area (Å²) in [6.45, 7) is 5.91. The molecule has 6 nitrogen and oxygen atoms in total. The number of nitrogens with zero attached hydrogens (tertiary/aromatic N) is 2. The van der Waals surface area contributed by atoms with Crippen molar-refractivity contribution in [3.05, 3.63) is 59.7 Å². The number of benzene rings is 1. The fourth-order valence-electron chi connectivity index (χ4n) is 2.13. The minimum Gasteiger partial charge on any atom is -0.450 e. The van der Waals surface area contributed by atoms with E-state index in [1.54, 1.807) is 49.5 Å². The molecule has 0 aliphatic carbocycles. The maximum Gasteiger partial charge on any atom is 0.411 e. The van der Waals surface area contributed by atoms with Crippen LogP contribution in [0.3, 0.4) is 0 Å². The van der Waals surface area contributed by atoms with Crippen molar-refractivity contribution in [3.8, 4) is 0 Å². The van der Waals surface area contributed by atoms with Crippen molar-refractivity contribution >= 4 is 17.7 Å². The average molecular weight is 327 g/mol. The predicted octanol–water partition coefficient (Wildman–Crippen LogP) is 3.05. The Hall–Kier alpha value is -2.89. The topological polar surface area (TPSA) is 72.7 Å². The van der Waals surface area contributed by atoms with E-state index < -0.39 is 6.09 Å². The number of aromatic nitrogens is 1. The molecule has 2 aromatic rings. The number of ether oxygens (including phenoxy) is 1. The molecule has 126 valence electrons. The van der Waals surface area contributed by atoms with Gasteiger partial charge in [-0.15, -0.1) is 0 Å². The number of carbonyl (C=O) groups is 2. The zero-order valence-electron chi connectivity index (χ0n) is 14.0. The van der Waals surface area contributed by atoms with Gasteiger partial charge in [-0.3, -0.25) is 19.7 Å². The van der Waals surface area contributed by atoms with Gasteiger partial charge in [0.2, 0.25) is 0 Å². The number of pyridine rings is 1. The summed E-state index contributed by atoms with van der Waals surface area (Å²) >= 11 is 0. The average Bonchev–Trinajstić information content (AvgIpc) is 2.54. The summed E-state index contributed by atoms with van der Waals surface area (Å²) in [4.78, 5) is 28.7. The summed E-state index contributed by atoms with van der Waals surface area (Å²) < 4.78 is 6.33. The second-order valence-corrected chi connectivity index (χ2v) is 5.38. The fraction of sp³-hybridized carbons (Fsp3) is 0.278. The summed E-state index contributed by atoms with van der Waals surface area (Å²) in [5, 5.41) is 2.59. The van der Waals surface area contributed by atoms with Crippen LogP contribution in [0, 0.1) is 0 Å². The van der Waals surface area contributed by atoms with Crippen molar-refractivity contribution in [1.82, 2.24) is 4.57 Å². The molecule has 1 amide bonds. The Bertz CT molecular complexity index is 794. The highest BCUT2D eigenvalue weighted by Crippen LogP contribution is 2.12. The smallest absolute Gasteiger partial charge is 0.411 e. The van der Waals surface area contributed by atoms with Crippen LogP contribution in [0.25, 0.3) is 0 Å². The summed E-state index contributed by atoms with van der Waals surface area (Å²) in [7, 11) is 0. The predicted molar refractivity (Wildman–Crippen MR) is 91.9 cm³/mol. The molecule has 0 aliphatic rings. The molecule has 0 spiro atoms. The zero-order chi connectivity index (χ0) is 17.5. The van der Waals surface area contributed by atoms with E-state index in [2.05, 4.69) is 10.3 Å². The molecule has 6 heteroatoms. The van der Waals surface area contributed by atoms with E-state index in [9.17, 15) is 9.59 Å². The molecule has 2 rings (SSSR count). The van der Waals surface area contributed by atoms with E-state index in [0.29, 0.717) is 16.7 Å². The van der Waals surface area contributed by atoms with Crippen molar-refractivity contribution in [3.63, 3.8) is 0 Å². The van der Waals surface area contributed by atoms with E-state index in [1.165, 1.54) is 4.57 Å². The summed E-state index contributed by atoms with van der Waals surface area (Å²) in [6, 6.07) is 12.2. The molecule has 1 aromatic heterocycles. The number of rotatable bonds is 4. The van der Waals surface area contributed by atoms with E-state index in [1.807, 2.05) is 19.9 Å². The largest absolute Gasteiger partial charge is 0.450 e. The van der Waals surface area contributed by atoms with E-state index >= 15 is 0 Å². The lowest BCUT2D eigenvalue weighted by molar-refractivity contribution is 0.0954. The Labute approximate surface area is 140 Å². The van der Waals surface area contributed by atoms with Gasteiger partial charge in [0, 0.05) is 23.5 Å². The van der Waals surface area contributed by atoms with Gasteiger partial charge in [0.1, 0.15) is 5.49 Å². The Kier molecular flexibility index (Phi) is 5.89. The van der Waals surface area contributed by atoms with Crippen LogP contribution in [0.15, 0.2) is 53.7 Å². The molecular weight excluding hydrogens is 306 g/mol. The minimum atomic E-state index is -0.551. The van der Waals surface area contributed by atoms with Crippen LogP contribution in [0.1, 0.15) is 31.1 Å². The van der Waals surface area contributed by atoms with Crippen molar-refractivity contribution in [2.75, 3.05) is 11.9 Å². The molecule has 0 unspecified atom stereocenters. The third-order valence-corrected chi connectivity index (χ3v) is 3.08. The first-order valence-electron chi connectivity index (χ1n) is 7.81. The first-order chi connectivity index (χ1) is 11.5. The van der Waals surface area contributed by atoms with Crippen molar-refractivity contribution in [2.24, 2.45) is 4.99 Å². The van der Waals surface area contributed by atoms with E-state index in [-0.39, 0.29) is 18.6 Å². The number of anilines is 1. The van der Waals surface area contributed by atoms with Gasteiger partial charge >= 0.3 is 6.09 Å². The number of hydrogen-bond donors (Lipinski definition) is 1. The molecule has 0 fully saturated rings. The highest BCUT2D eigenvalue weighted by Gasteiger charge is 2.11. The second kappa shape index (κ2) is 8.10. The van der Waals surface area contributed by atoms with E-state index in [0.717, 1.165) is 0 Å². The van der Waals surface area contributed by atoms with Gasteiger partial charge in [0.25, 0.3) is 5.91 Å². The van der Waals surface area contributed by atoms with Gasteiger partial charge < -0.3 is 4.74 Å². The number of amides is 1. The van der Waals surface area contributed by atoms with Crippen molar-refractivity contribution < 1.29 is 14.3 Å². The lowest BCUT2D eigenvalue weighted by atomic mass is 10.2. The first kappa shape index (κ1) is 17.5. The third-order valence-electron chi connectivity index (χ3n) is 3.08. The monoisotopic (exact) mass is 327 g/mol. The van der Waals surface area contributed by atoms with Crippen LogP contribution in [0.2, 0.25) is 0 Å². The van der Waals surface area contributed by atoms with E-state index in [4.69, 9.17) is 4.74 Å². The highest BCUT2D eigenvalue weighted by molar-refractivity contribution is 5.97. The Morgan fingerprint density at radius 1 is 1.21 bits per heavy atom. The third kappa shape index (κ3) is 4.55. The number of hydrogen-bond acceptors (Lipinski definition) is 4. The molecule has 0 atom stereocenters. The fourth-order valence-corrected chi connectivity index (χ4v) is 2.13. The standard InChI is InChI=1S/C18H21N3O3/c1-4-24-18(23)20-15-9-7-8-14(12-15)17(22)21-11-6-5-10-16(21)19-13(2)3/h5-13H,4H2,1-3H3,(H,20,23). The van der Waals surface area contributed by atoms with Gasteiger partial charge in [-0.25, -0.2) is 4.79 Å². The molecule has 1 N–H and O–H groups in total. The van der Waals surface area contributed by atoms with Gasteiger partial charge in [-0.1, -0.05) is 12.1 Å². The Balaban J connectivity index is 2.33. The Morgan fingerprint density at radius 3 is 2.71 bits per heavy atom. The van der Waals surface area contributed by atoms with Crippen LogP contribution in [0.5, 0.6) is 0 Å². The molecule has 24 heavy (non-hydrogen) atoms. The molecule has 0 bridgehead atoms. The van der Waals surface area contributed by atoms with Crippen LogP contribution in [-0.2, 0) is 4.74 Å². The quantitative estimate of drug-likeness (QED) is 0.938. The molecular formula is C18H21N3O3. The lowest BCUT2D eigenvalue weighted by Crippen LogP contribution is -2.28. The molecule has 0 saturated carbocycles. The Morgan fingerprint density at radius 2 is 2.00 bits per heavy atom. The summed E-state index contributed by atoms with van der Waals surface area (Å²) in [5.74, 6) is -0.220. The van der Waals surface area contributed by atoms with Crippen molar-refractivity contribution in [2.45, 2.75) is 26.8 Å². The van der Waals surface area contributed by atoms with Crippen molar-refractivity contribution in [1.29, 1.82) is 0 Å². The van der Waals surface area contributed by atoms with Crippen LogP contribution >= 0.6 is 0 Å². The van der Waals surface area contributed by atoms with Gasteiger partial charge in [0.15, 0.2) is 0 Å². The lowest BCUT2D eigenvalue weighted by Gasteiger charge is -2.09. The second-order valence-electron chi connectivity index (χ2n) is 5.38. The minimum absolute atomic E-state index is 0.0725. The normalized spacial score (nSPS) is 11.4. The van der Waals surface area contributed by atoms with Crippen LogP contribution in [-0.4, -0.2) is 29.2 Å². The number of carbonyl (C=O) groups excluding carboxylic acids is 2. The maximum absolute atomic E-state index is 12.8. The highest BCUT2D eigenvalue weighted by atomic mass is 16.5. The van der Waals surface area contributed by atoms with Crippen LogP contribution < -0.4 is 10.8 Å². The zero-order valence-corrected chi connectivity index (χ0v) is 14.0. The first-order valence-corrected chi connectivity index (χ1v) is 7.81. The molecule has 1 heterocycles. The maximum atomic E-state index is 12.8. The SMILES string of the molecule is CCOC(=O)Nc1cccc(C(=O)n2ccccc2=NC(C)C)c1. The summed E-state index contributed by atoms with van der Waals surface area (Å²) in [5.41, 5.74) is 1.53. The van der Waals surface area contributed by atoms with Crippen LogP contribution in [0.4, 0.5) is 10.5 Å².